The molecule has 0 saturated heterocycles. The van der Waals surface area contributed by atoms with Crippen molar-refractivity contribution in [2.24, 2.45) is 0 Å². The quantitative estimate of drug-likeness (QED) is 0.697. The van der Waals surface area contributed by atoms with Gasteiger partial charge in [-0.25, -0.2) is 9.24 Å². The van der Waals surface area contributed by atoms with Crippen LogP contribution in [0.1, 0.15) is 53.9 Å². The number of hydrogen-bond acceptors (Lipinski definition) is 1. The second kappa shape index (κ2) is 5.44. The van der Waals surface area contributed by atoms with Crippen LogP contribution in [-0.4, -0.2) is 26.0 Å². The normalized spacial score (nSPS) is 17.1. The fraction of sp³-hybridized carbons (Fsp3) is 1.00. The monoisotopic (exact) mass is 237 g/mol. The van der Waals surface area contributed by atoms with Crippen LogP contribution in [0.2, 0.25) is 0 Å². The maximum Gasteiger partial charge on any atom is 0.403 e. The molecule has 1 unspecified atom stereocenters. The van der Waals surface area contributed by atoms with E-state index in [4.69, 9.17) is 0 Å². The molecule has 0 spiro atoms. The molecule has 2 N–H and O–H groups in total. The van der Waals surface area contributed by atoms with Crippen LogP contribution in [-0.2, 0) is 4.57 Å². The molecule has 92 valence electrons. The first-order valence-corrected chi connectivity index (χ1v) is 7.11. The predicted molar refractivity (Wildman–Crippen MR) is 62.6 cm³/mol. The van der Waals surface area contributed by atoms with Gasteiger partial charge in [-0.1, -0.05) is 20.3 Å². The van der Waals surface area contributed by atoms with Crippen molar-refractivity contribution in [2.45, 2.75) is 65.5 Å². The molecule has 0 aromatic carbocycles. The van der Waals surface area contributed by atoms with E-state index in [1.54, 1.807) is 0 Å². The molecule has 0 radical (unpaired) electrons. The predicted octanol–water partition coefficient (Wildman–Crippen LogP) is 2.76. The summed E-state index contributed by atoms with van der Waals surface area (Å²) in [5.74, 6) is 0. The Bertz CT molecular complexity index is 239. The lowest BCUT2D eigenvalue weighted by Gasteiger charge is -2.43. The van der Waals surface area contributed by atoms with Crippen LogP contribution in [0.3, 0.4) is 0 Å². The lowest BCUT2D eigenvalue weighted by Crippen LogP contribution is -2.47. The zero-order valence-electron chi connectivity index (χ0n) is 10.4. The van der Waals surface area contributed by atoms with Gasteiger partial charge in [-0.05, 0) is 33.6 Å². The van der Waals surface area contributed by atoms with E-state index in [-0.39, 0.29) is 6.04 Å². The number of hydrogen-bond donors (Lipinski definition) is 2. The molecule has 0 aromatic rings. The summed E-state index contributed by atoms with van der Waals surface area (Å²) in [4.78, 5) is 18.8. The van der Waals surface area contributed by atoms with E-state index in [1.807, 2.05) is 34.6 Å². The smallest absolute Gasteiger partial charge is 0.312 e. The van der Waals surface area contributed by atoms with Gasteiger partial charge in [0, 0.05) is 11.6 Å². The lowest BCUT2D eigenvalue weighted by molar-refractivity contribution is 0.110. The van der Waals surface area contributed by atoms with Gasteiger partial charge >= 0.3 is 7.75 Å². The molecular formula is C10H24NO3P. The van der Waals surface area contributed by atoms with Gasteiger partial charge in [0.15, 0.2) is 0 Å². The first-order chi connectivity index (χ1) is 6.69. The number of nitrogens with zero attached hydrogens (tertiary/aromatic N) is 1. The second-order valence-corrected chi connectivity index (χ2v) is 6.01. The molecular weight excluding hydrogens is 213 g/mol. The molecule has 4 nitrogen and oxygen atoms in total. The molecule has 0 saturated carbocycles. The van der Waals surface area contributed by atoms with Gasteiger partial charge in [-0.3, -0.25) is 0 Å². The Morgan fingerprint density at radius 3 is 2.00 bits per heavy atom. The van der Waals surface area contributed by atoms with Crippen molar-refractivity contribution in [3.05, 3.63) is 0 Å². The summed E-state index contributed by atoms with van der Waals surface area (Å²) in [6, 6.07) is -0.151. The molecule has 5 heteroatoms. The van der Waals surface area contributed by atoms with Crippen LogP contribution in [0, 0.1) is 0 Å². The maximum absolute atomic E-state index is 11.5. The van der Waals surface area contributed by atoms with Gasteiger partial charge in [-0.2, -0.15) is 0 Å². The molecule has 0 aliphatic carbocycles. The summed E-state index contributed by atoms with van der Waals surface area (Å²) in [7, 11) is -4.17. The molecule has 0 aromatic heterocycles. The van der Waals surface area contributed by atoms with Crippen LogP contribution < -0.4 is 0 Å². The van der Waals surface area contributed by atoms with Gasteiger partial charge in [0.1, 0.15) is 0 Å². The van der Waals surface area contributed by atoms with Crippen molar-refractivity contribution >= 4 is 7.75 Å². The highest BCUT2D eigenvalue weighted by molar-refractivity contribution is 7.49. The van der Waals surface area contributed by atoms with Gasteiger partial charge in [0.05, 0.1) is 0 Å². The van der Waals surface area contributed by atoms with Crippen molar-refractivity contribution < 1.29 is 14.4 Å². The van der Waals surface area contributed by atoms with Crippen LogP contribution in [0.5, 0.6) is 0 Å². The minimum Gasteiger partial charge on any atom is -0.312 e. The Kier molecular flexibility index (Phi) is 5.48. The molecule has 0 rings (SSSR count). The molecule has 0 aliphatic heterocycles. The standard InChI is InChI=1S/C10H24NO3P/c1-6-8-10(5,7-2)11(9(3)4)15(12,13)14/h9H,6-8H2,1-5H3,(H2,12,13,14). The minimum atomic E-state index is -4.17. The van der Waals surface area contributed by atoms with Crippen molar-refractivity contribution in [3.8, 4) is 0 Å². The highest BCUT2D eigenvalue weighted by atomic mass is 31.2. The van der Waals surface area contributed by atoms with Gasteiger partial charge in [0.2, 0.25) is 0 Å². The average molecular weight is 237 g/mol. The largest absolute Gasteiger partial charge is 0.403 e. The summed E-state index contributed by atoms with van der Waals surface area (Å²) >= 11 is 0. The van der Waals surface area contributed by atoms with E-state index < -0.39 is 13.3 Å². The molecule has 0 fully saturated rings. The van der Waals surface area contributed by atoms with Gasteiger partial charge < -0.3 is 9.79 Å². The summed E-state index contributed by atoms with van der Waals surface area (Å²) in [6.45, 7) is 9.58. The summed E-state index contributed by atoms with van der Waals surface area (Å²) < 4.78 is 12.8. The van der Waals surface area contributed by atoms with Crippen LogP contribution >= 0.6 is 7.75 Å². The van der Waals surface area contributed by atoms with E-state index in [2.05, 4.69) is 0 Å². The molecule has 0 aliphatic rings. The molecule has 0 bridgehead atoms. The SMILES string of the molecule is CCCC(C)(CC)N(C(C)C)P(=O)(O)O. The van der Waals surface area contributed by atoms with E-state index >= 15 is 0 Å². The zero-order valence-corrected chi connectivity index (χ0v) is 11.3. The van der Waals surface area contributed by atoms with Gasteiger partial charge in [-0.15, -0.1) is 0 Å². The third-order valence-electron chi connectivity index (χ3n) is 2.87. The third-order valence-corrected chi connectivity index (χ3v) is 4.38. The third kappa shape index (κ3) is 3.87. The first-order valence-electron chi connectivity index (χ1n) is 5.54. The number of rotatable bonds is 6. The van der Waals surface area contributed by atoms with Crippen LogP contribution in [0.15, 0.2) is 0 Å². The molecule has 0 heterocycles. The maximum atomic E-state index is 11.5. The highest BCUT2D eigenvalue weighted by Gasteiger charge is 2.41. The molecule has 15 heavy (non-hydrogen) atoms. The van der Waals surface area contributed by atoms with E-state index in [0.717, 1.165) is 19.3 Å². The Morgan fingerprint density at radius 1 is 1.33 bits per heavy atom. The second-order valence-electron chi connectivity index (χ2n) is 4.55. The van der Waals surface area contributed by atoms with Crippen molar-refractivity contribution in [3.63, 3.8) is 0 Å². The van der Waals surface area contributed by atoms with Crippen LogP contribution in [0.4, 0.5) is 0 Å². The van der Waals surface area contributed by atoms with Gasteiger partial charge in [0.25, 0.3) is 0 Å². The Labute approximate surface area is 92.9 Å². The lowest BCUT2D eigenvalue weighted by atomic mass is 9.92. The van der Waals surface area contributed by atoms with E-state index in [9.17, 15) is 14.4 Å². The topological polar surface area (TPSA) is 60.8 Å². The highest BCUT2D eigenvalue weighted by Crippen LogP contribution is 2.49. The van der Waals surface area contributed by atoms with Crippen molar-refractivity contribution in [1.29, 1.82) is 0 Å². The molecule has 1 atom stereocenters. The van der Waals surface area contributed by atoms with E-state index in [0.29, 0.717) is 0 Å². The van der Waals surface area contributed by atoms with Crippen molar-refractivity contribution in [2.75, 3.05) is 0 Å². The Morgan fingerprint density at radius 2 is 1.80 bits per heavy atom. The minimum absolute atomic E-state index is 0.151. The average Bonchev–Trinajstić information content (AvgIpc) is 2.00. The van der Waals surface area contributed by atoms with Crippen LogP contribution in [0.25, 0.3) is 0 Å². The summed E-state index contributed by atoms with van der Waals surface area (Å²) in [5, 5.41) is 0. The Hall–Kier alpha value is 0.110. The fourth-order valence-electron chi connectivity index (χ4n) is 2.23. The summed E-state index contributed by atoms with van der Waals surface area (Å²) in [6.07, 6.45) is 2.46. The fourth-order valence-corrected chi connectivity index (χ4v) is 3.70. The van der Waals surface area contributed by atoms with Crippen molar-refractivity contribution in [1.82, 2.24) is 4.67 Å². The molecule has 0 amide bonds. The summed E-state index contributed by atoms with van der Waals surface area (Å²) in [5.41, 5.74) is -0.415. The first kappa shape index (κ1) is 15.1. The Balaban J connectivity index is 5.12. The zero-order chi connectivity index (χ0) is 12.3. The van der Waals surface area contributed by atoms with E-state index in [1.165, 1.54) is 4.67 Å².